The van der Waals surface area contributed by atoms with E-state index in [1.165, 1.54) is 7.05 Å². The van der Waals surface area contributed by atoms with E-state index in [1.54, 1.807) is 0 Å². The van der Waals surface area contributed by atoms with Crippen LogP contribution in [0.2, 0.25) is 0 Å². The van der Waals surface area contributed by atoms with Gasteiger partial charge in [-0.2, -0.15) is 4.98 Å². The molecule has 3 N–H and O–H groups in total. The lowest BCUT2D eigenvalue weighted by molar-refractivity contribution is -0.384. The Labute approximate surface area is 100 Å². The van der Waals surface area contributed by atoms with Gasteiger partial charge in [0.25, 0.3) is 5.92 Å². The number of anilines is 2. The highest BCUT2D eigenvalue weighted by Gasteiger charge is 2.29. The average molecular weight is 263 g/mol. The molecule has 8 nitrogen and oxygen atoms in total. The van der Waals surface area contributed by atoms with E-state index in [0.29, 0.717) is 0 Å². The molecule has 0 saturated carbocycles. The highest BCUT2D eigenvalue weighted by atomic mass is 19.3. The van der Waals surface area contributed by atoms with Gasteiger partial charge in [-0.05, 0) is 0 Å². The molecule has 1 heterocycles. The molecule has 0 aliphatic rings. The molecule has 0 bridgehead atoms. The third-order valence-corrected chi connectivity index (χ3v) is 1.94. The number of aliphatic hydroxyl groups excluding tert-OH is 1. The molecule has 0 atom stereocenters. The average Bonchev–Trinajstić information content (AvgIpc) is 2.36. The third kappa shape index (κ3) is 3.45. The topological polar surface area (TPSA) is 113 Å². The molecule has 0 unspecified atom stereocenters. The van der Waals surface area contributed by atoms with E-state index in [-0.39, 0.29) is 11.8 Å². The van der Waals surface area contributed by atoms with Gasteiger partial charge in [-0.25, -0.2) is 13.8 Å². The summed E-state index contributed by atoms with van der Waals surface area (Å²) >= 11 is 0. The van der Waals surface area contributed by atoms with Crippen LogP contribution in [0.1, 0.15) is 0 Å². The van der Waals surface area contributed by atoms with Crippen LogP contribution in [0.5, 0.6) is 0 Å². The summed E-state index contributed by atoms with van der Waals surface area (Å²) in [5.41, 5.74) is -0.525. The van der Waals surface area contributed by atoms with Gasteiger partial charge in [-0.1, -0.05) is 0 Å². The predicted molar refractivity (Wildman–Crippen MR) is 58.8 cm³/mol. The van der Waals surface area contributed by atoms with Crippen LogP contribution in [-0.4, -0.2) is 46.1 Å². The van der Waals surface area contributed by atoms with Crippen molar-refractivity contribution in [3.63, 3.8) is 0 Å². The van der Waals surface area contributed by atoms with Crippen molar-refractivity contribution in [1.82, 2.24) is 9.97 Å². The largest absolute Gasteiger partial charge is 0.390 e. The molecule has 0 aliphatic heterocycles. The number of nitrogens with one attached hydrogen (secondary N) is 2. The summed E-state index contributed by atoms with van der Waals surface area (Å²) in [6, 6.07) is 0. The second-order valence-corrected chi connectivity index (χ2v) is 3.30. The van der Waals surface area contributed by atoms with Crippen LogP contribution in [0.3, 0.4) is 0 Å². The van der Waals surface area contributed by atoms with Gasteiger partial charge in [-0.3, -0.25) is 10.1 Å². The molecule has 1 rings (SSSR count). The normalized spacial score (nSPS) is 11.1. The number of aliphatic hydroxyl groups is 1. The fourth-order valence-corrected chi connectivity index (χ4v) is 1.03. The molecule has 1 aromatic heterocycles. The first kappa shape index (κ1) is 14.0. The summed E-state index contributed by atoms with van der Waals surface area (Å²) < 4.78 is 25.6. The Morgan fingerprint density at radius 3 is 2.78 bits per heavy atom. The Morgan fingerprint density at radius 1 is 1.61 bits per heavy atom. The van der Waals surface area contributed by atoms with Gasteiger partial charge in [0.1, 0.15) is 12.8 Å². The minimum absolute atomic E-state index is 0.0513. The van der Waals surface area contributed by atoms with E-state index >= 15 is 0 Å². The fourth-order valence-electron chi connectivity index (χ4n) is 1.03. The zero-order chi connectivity index (χ0) is 13.8. The van der Waals surface area contributed by atoms with Gasteiger partial charge in [-0.15, -0.1) is 0 Å². The Kier molecular flexibility index (Phi) is 4.26. The zero-order valence-electron chi connectivity index (χ0n) is 9.35. The molecular formula is C8H11F2N5O3. The van der Waals surface area contributed by atoms with Crippen LogP contribution >= 0.6 is 0 Å². The van der Waals surface area contributed by atoms with E-state index in [1.807, 2.05) is 0 Å². The third-order valence-electron chi connectivity index (χ3n) is 1.94. The maximum Gasteiger partial charge on any atom is 0.329 e. The summed E-state index contributed by atoms with van der Waals surface area (Å²) in [5.74, 6) is -3.68. The molecule has 0 fully saturated rings. The molecule has 1 aromatic rings. The lowest BCUT2D eigenvalue weighted by Gasteiger charge is -2.14. The molecule has 0 aromatic carbocycles. The summed E-state index contributed by atoms with van der Waals surface area (Å²) in [5, 5.41) is 23.7. The van der Waals surface area contributed by atoms with Crippen molar-refractivity contribution in [3.8, 4) is 0 Å². The number of halogens is 2. The summed E-state index contributed by atoms with van der Waals surface area (Å²) in [4.78, 5) is 17.1. The van der Waals surface area contributed by atoms with Crippen LogP contribution in [0.15, 0.2) is 6.20 Å². The molecule has 0 radical (unpaired) electrons. The van der Waals surface area contributed by atoms with Crippen molar-refractivity contribution in [3.05, 3.63) is 16.3 Å². The van der Waals surface area contributed by atoms with Crippen LogP contribution in [0, 0.1) is 10.1 Å². The summed E-state index contributed by atoms with van der Waals surface area (Å²) in [6.45, 7) is -2.33. The lowest BCUT2D eigenvalue weighted by Crippen LogP contribution is -2.31. The van der Waals surface area contributed by atoms with E-state index in [9.17, 15) is 18.9 Å². The van der Waals surface area contributed by atoms with Crippen LogP contribution in [0.4, 0.5) is 26.2 Å². The number of hydrogen-bond acceptors (Lipinski definition) is 7. The minimum atomic E-state index is -3.39. The number of aromatic nitrogens is 2. The van der Waals surface area contributed by atoms with E-state index < -0.39 is 29.7 Å². The second kappa shape index (κ2) is 5.49. The minimum Gasteiger partial charge on any atom is -0.390 e. The lowest BCUT2D eigenvalue weighted by atomic mass is 10.3. The number of nitrogens with zero attached hydrogens (tertiary/aromatic N) is 3. The predicted octanol–water partition coefficient (Wildman–Crippen LogP) is 0.466. The molecule has 10 heteroatoms. The Hall–Kier alpha value is -2.10. The SMILES string of the molecule is CNc1ncc([N+](=O)[O-])c(NCC(F)(F)CO)n1. The number of rotatable bonds is 6. The highest BCUT2D eigenvalue weighted by molar-refractivity contribution is 5.56. The number of hydrogen-bond donors (Lipinski definition) is 3. The van der Waals surface area contributed by atoms with Crippen LogP contribution in [-0.2, 0) is 0 Å². The molecule has 100 valence electrons. The van der Waals surface area contributed by atoms with Gasteiger partial charge < -0.3 is 15.7 Å². The molecule has 18 heavy (non-hydrogen) atoms. The van der Waals surface area contributed by atoms with Crippen LogP contribution in [0.25, 0.3) is 0 Å². The maximum absolute atomic E-state index is 12.8. The first-order chi connectivity index (χ1) is 8.39. The standard InChI is InChI=1S/C8H11F2N5O3/c1-11-7-12-2-5(15(17)18)6(14-7)13-3-8(9,10)4-16/h2,16H,3-4H2,1H3,(H2,11,12,13,14). The van der Waals surface area contributed by atoms with Gasteiger partial charge >= 0.3 is 5.69 Å². The Morgan fingerprint density at radius 2 is 2.28 bits per heavy atom. The zero-order valence-corrected chi connectivity index (χ0v) is 9.35. The first-order valence-corrected chi connectivity index (χ1v) is 4.81. The van der Waals surface area contributed by atoms with Gasteiger partial charge in [0.2, 0.25) is 11.8 Å². The van der Waals surface area contributed by atoms with Gasteiger partial charge in [0, 0.05) is 7.05 Å². The van der Waals surface area contributed by atoms with Gasteiger partial charge in [0.05, 0.1) is 11.5 Å². The number of nitro groups is 1. The second-order valence-electron chi connectivity index (χ2n) is 3.30. The van der Waals surface area contributed by atoms with Crippen molar-refractivity contribution in [2.24, 2.45) is 0 Å². The molecule has 0 spiro atoms. The Balaban J connectivity index is 2.94. The summed E-state index contributed by atoms with van der Waals surface area (Å²) in [7, 11) is 1.48. The monoisotopic (exact) mass is 263 g/mol. The molecule has 0 amide bonds. The summed E-state index contributed by atoms with van der Waals surface area (Å²) in [6.07, 6.45) is 0.901. The van der Waals surface area contributed by atoms with Crippen molar-refractivity contribution in [1.29, 1.82) is 0 Å². The first-order valence-electron chi connectivity index (χ1n) is 4.81. The highest BCUT2D eigenvalue weighted by Crippen LogP contribution is 2.23. The van der Waals surface area contributed by atoms with E-state index in [4.69, 9.17) is 5.11 Å². The molecule has 0 saturated heterocycles. The van der Waals surface area contributed by atoms with Crippen molar-refractivity contribution in [2.45, 2.75) is 5.92 Å². The van der Waals surface area contributed by atoms with Gasteiger partial charge in [0.15, 0.2) is 0 Å². The Bertz CT molecular complexity index is 443. The van der Waals surface area contributed by atoms with Crippen molar-refractivity contribution >= 4 is 17.5 Å². The smallest absolute Gasteiger partial charge is 0.329 e. The maximum atomic E-state index is 12.8. The molecular weight excluding hydrogens is 252 g/mol. The van der Waals surface area contributed by atoms with Crippen molar-refractivity contribution in [2.75, 3.05) is 30.8 Å². The number of alkyl halides is 2. The molecule has 0 aliphatic carbocycles. The van der Waals surface area contributed by atoms with E-state index in [0.717, 1.165) is 6.20 Å². The van der Waals surface area contributed by atoms with Crippen LogP contribution < -0.4 is 10.6 Å². The quantitative estimate of drug-likeness (QED) is 0.504. The van der Waals surface area contributed by atoms with E-state index in [2.05, 4.69) is 20.6 Å². The van der Waals surface area contributed by atoms with Crippen molar-refractivity contribution < 1.29 is 18.8 Å². The fraction of sp³-hybridized carbons (Fsp3) is 0.500.